The van der Waals surface area contributed by atoms with Crippen molar-refractivity contribution in [2.24, 2.45) is 0 Å². The molecule has 2 aromatic carbocycles. The molecule has 0 amide bonds. The van der Waals surface area contributed by atoms with Gasteiger partial charge in [0.2, 0.25) is 0 Å². The number of anilines is 1. The van der Waals surface area contributed by atoms with Crippen molar-refractivity contribution in [2.75, 3.05) is 11.9 Å². The number of ether oxygens (including phenoxy) is 1. The first-order valence-corrected chi connectivity index (χ1v) is 8.16. The third-order valence-electron chi connectivity index (χ3n) is 2.69. The number of hydrogen-bond donors (Lipinski definition) is 1. The lowest BCUT2D eigenvalue weighted by molar-refractivity contribution is 0.336. The molecular formula is C15H14Br2ClNO. The molecule has 0 atom stereocenters. The number of nitrogens with one attached hydrogen (secondary N) is 1. The Morgan fingerprint density at radius 3 is 2.25 bits per heavy atom. The van der Waals surface area contributed by atoms with Gasteiger partial charge in [-0.25, -0.2) is 0 Å². The van der Waals surface area contributed by atoms with E-state index in [2.05, 4.69) is 49.3 Å². The summed E-state index contributed by atoms with van der Waals surface area (Å²) in [5.41, 5.74) is 2.19. The van der Waals surface area contributed by atoms with E-state index in [4.69, 9.17) is 16.3 Å². The summed E-state index contributed by atoms with van der Waals surface area (Å²) in [6.07, 6.45) is 0. The largest absolute Gasteiger partial charge is 0.492 e. The molecule has 0 aliphatic carbocycles. The van der Waals surface area contributed by atoms with Crippen LogP contribution in [0.3, 0.4) is 0 Å². The zero-order chi connectivity index (χ0) is 14.5. The van der Waals surface area contributed by atoms with Crippen LogP contribution in [0.2, 0.25) is 5.02 Å². The molecule has 5 heteroatoms. The molecule has 0 spiro atoms. The van der Waals surface area contributed by atoms with Crippen LogP contribution in [0.1, 0.15) is 12.5 Å². The summed E-state index contributed by atoms with van der Waals surface area (Å²) in [6.45, 7) is 3.33. The van der Waals surface area contributed by atoms with Crippen LogP contribution in [0.5, 0.6) is 5.75 Å². The fraction of sp³-hybridized carbons (Fsp3) is 0.200. The zero-order valence-electron chi connectivity index (χ0n) is 10.9. The molecule has 0 saturated carbocycles. The van der Waals surface area contributed by atoms with Crippen molar-refractivity contribution in [3.8, 4) is 5.75 Å². The normalized spacial score (nSPS) is 10.4. The summed E-state index contributed by atoms with van der Waals surface area (Å²) in [4.78, 5) is 0. The van der Waals surface area contributed by atoms with Crippen molar-refractivity contribution >= 4 is 49.1 Å². The van der Waals surface area contributed by atoms with Crippen LogP contribution in [0.4, 0.5) is 5.69 Å². The van der Waals surface area contributed by atoms with Gasteiger partial charge in [0.05, 0.1) is 15.6 Å². The molecule has 0 heterocycles. The van der Waals surface area contributed by atoms with E-state index in [9.17, 15) is 0 Å². The smallest absolute Gasteiger partial charge is 0.147 e. The first-order valence-electron chi connectivity index (χ1n) is 6.20. The van der Waals surface area contributed by atoms with Crippen molar-refractivity contribution < 1.29 is 4.74 Å². The molecule has 106 valence electrons. The van der Waals surface area contributed by atoms with Crippen LogP contribution < -0.4 is 10.1 Å². The molecule has 0 saturated heterocycles. The average Bonchev–Trinajstić information content (AvgIpc) is 2.42. The third-order valence-corrected chi connectivity index (χ3v) is 4.12. The van der Waals surface area contributed by atoms with Crippen LogP contribution in [0.25, 0.3) is 0 Å². The molecule has 1 N–H and O–H groups in total. The third kappa shape index (κ3) is 4.14. The second-order valence-electron chi connectivity index (χ2n) is 4.18. The Bertz CT molecular complexity index is 564. The molecule has 20 heavy (non-hydrogen) atoms. The van der Waals surface area contributed by atoms with E-state index in [0.29, 0.717) is 6.61 Å². The molecule has 2 rings (SSSR count). The van der Waals surface area contributed by atoms with Gasteiger partial charge < -0.3 is 10.1 Å². The summed E-state index contributed by atoms with van der Waals surface area (Å²) in [7, 11) is 0. The van der Waals surface area contributed by atoms with Crippen molar-refractivity contribution in [3.05, 3.63) is 55.9 Å². The van der Waals surface area contributed by atoms with Gasteiger partial charge in [-0.1, -0.05) is 11.6 Å². The highest BCUT2D eigenvalue weighted by Crippen LogP contribution is 2.35. The van der Waals surface area contributed by atoms with Crippen LogP contribution in [-0.2, 0) is 6.54 Å². The van der Waals surface area contributed by atoms with Gasteiger partial charge in [0.1, 0.15) is 5.75 Å². The van der Waals surface area contributed by atoms with E-state index in [1.807, 2.05) is 31.2 Å². The van der Waals surface area contributed by atoms with E-state index < -0.39 is 0 Å². The van der Waals surface area contributed by atoms with Gasteiger partial charge in [0, 0.05) is 17.3 Å². The minimum atomic E-state index is 0.638. The maximum Gasteiger partial charge on any atom is 0.147 e. The summed E-state index contributed by atoms with van der Waals surface area (Å²) in [6, 6.07) is 11.8. The molecule has 0 aliphatic rings. The van der Waals surface area contributed by atoms with E-state index in [0.717, 1.165) is 37.5 Å². The quantitative estimate of drug-likeness (QED) is 0.654. The maximum atomic E-state index is 5.86. The summed E-state index contributed by atoms with van der Waals surface area (Å²) >= 11 is 12.9. The Morgan fingerprint density at radius 1 is 1.10 bits per heavy atom. The van der Waals surface area contributed by atoms with Crippen LogP contribution in [0.15, 0.2) is 45.3 Å². The van der Waals surface area contributed by atoms with Gasteiger partial charge in [-0.2, -0.15) is 0 Å². The SMILES string of the molecule is CCOc1c(Br)cc(CNc2ccc(Cl)cc2)cc1Br. The highest BCUT2D eigenvalue weighted by Gasteiger charge is 2.08. The summed E-state index contributed by atoms with van der Waals surface area (Å²) in [5.74, 6) is 0.836. The van der Waals surface area contributed by atoms with Gasteiger partial charge in [-0.05, 0) is 80.7 Å². The molecule has 0 aromatic heterocycles. The lowest BCUT2D eigenvalue weighted by Crippen LogP contribution is -2.01. The molecule has 0 aliphatic heterocycles. The van der Waals surface area contributed by atoms with Gasteiger partial charge in [0.25, 0.3) is 0 Å². The lowest BCUT2D eigenvalue weighted by Gasteiger charge is -2.12. The number of benzene rings is 2. The van der Waals surface area contributed by atoms with Crippen LogP contribution in [-0.4, -0.2) is 6.61 Å². The average molecular weight is 420 g/mol. The minimum Gasteiger partial charge on any atom is -0.492 e. The maximum absolute atomic E-state index is 5.86. The number of rotatable bonds is 5. The number of halogens is 3. The van der Waals surface area contributed by atoms with Crippen molar-refractivity contribution in [3.63, 3.8) is 0 Å². The molecule has 0 bridgehead atoms. The van der Waals surface area contributed by atoms with Gasteiger partial charge in [-0.15, -0.1) is 0 Å². The van der Waals surface area contributed by atoms with Crippen LogP contribution in [0, 0.1) is 0 Å². The van der Waals surface area contributed by atoms with E-state index in [1.165, 1.54) is 0 Å². The molecule has 2 aromatic rings. The fourth-order valence-corrected chi connectivity index (χ4v) is 3.40. The fourth-order valence-electron chi connectivity index (χ4n) is 1.77. The lowest BCUT2D eigenvalue weighted by atomic mass is 10.2. The van der Waals surface area contributed by atoms with Crippen LogP contribution >= 0.6 is 43.5 Å². The topological polar surface area (TPSA) is 21.3 Å². The molecule has 0 fully saturated rings. The summed E-state index contributed by atoms with van der Waals surface area (Å²) in [5, 5.41) is 4.09. The Morgan fingerprint density at radius 2 is 1.70 bits per heavy atom. The molecule has 0 radical (unpaired) electrons. The highest BCUT2D eigenvalue weighted by molar-refractivity contribution is 9.11. The van der Waals surface area contributed by atoms with Crippen molar-refractivity contribution in [1.29, 1.82) is 0 Å². The first-order chi connectivity index (χ1) is 9.60. The first kappa shape index (κ1) is 15.7. The van der Waals surface area contributed by atoms with Gasteiger partial charge >= 0.3 is 0 Å². The molecule has 2 nitrogen and oxygen atoms in total. The van der Waals surface area contributed by atoms with E-state index >= 15 is 0 Å². The van der Waals surface area contributed by atoms with Crippen molar-refractivity contribution in [1.82, 2.24) is 0 Å². The van der Waals surface area contributed by atoms with Gasteiger partial charge in [-0.3, -0.25) is 0 Å². The summed E-state index contributed by atoms with van der Waals surface area (Å²) < 4.78 is 7.46. The Hall–Kier alpha value is -0.710. The zero-order valence-corrected chi connectivity index (χ0v) is 14.8. The number of hydrogen-bond acceptors (Lipinski definition) is 2. The monoisotopic (exact) mass is 417 g/mol. The second-order valence-corrected chi connectivity index (χ2v) is 6.33. The molecular weight excluding hydrogens is 405 g/mol. The van der Waals surface area contributed by atoms with Crippen molar-refractivity contribution in [2.45, 2.75) is 13.5 Å². The predicted molar refractivity (Wildman–Crippen MR) is 91.8 cm³/mol. The minimum absolute atomic E-state index is 0.638. The van der Waals surface area contributed by atoms with E-state index in [-0.39, 0.29) is 0 Å². The Kier molecular flexibility index (Phi) is 5.75. The predicted octanol–water partition coefficient (Wildman–Crippen LogP) is 5.88. The second kappa shape index (κ2) is 7.34. The molecule has 0 unspecified atom stereocenters. The standard InChI is InChI=1S/C15H14Br2ClNO/c1-2-20-15-13(16)7-10(8-14(15)17)9-19-12-5-3-11(18)4-6-12/h3-8,19H,2,9H2,1H3. The highest BCUT2D eigenvalue weighted by atomic mass is 79.9. The van der Waals surface area contributed by atoms with E-state index in [1.54, 1.807) is 0 Å². The Balaban J connectivity index is 2.08. The van der Waals surface area contributed by atoms with Gasteiger partial charge in [0.15, 0.2) is 0 Å². The Labute approximate surface area is 140 Å².